The van der Waals surface area contributed by atoms with Gasteiger partial charge in [-0.1, -0.05) is 35.4 Å². The lowest BCUT2D eigenvalue weighted by Gasteiger charge is -1.93. The van der Waals surface area contributed by atoms with Crippen LogP contribution in [0.4, 0.5) is 0 Å². The van der Waals surface area contributed by atoms with Crippen LogP contribution in [0.5, 0.6) is 0 Å². The van der Waals surface area contributed by atoms with Gasteiger partial charge >= 0.3 is 0 Å². The highest BCUT2D eigenvalue weighted by molar-refractivity contribution is 14.1. The van der Waals surface area contributed by atoms with Crippen molar-refractivity contribution < 1.29 is 0 Å². The second-order valence-corrected chi connectivity index (χ2v) is 3.14. The van der Waals surface area contributed by atoms with Crippen LogP contribution in [-0.4, -0.2) is 4.43 Å². The number of hydrogen-bond donors (Lipinski definition) is 0. The molecule has 0 saturated heterocycles. The van der Waals surface area contributed by atoms with E-state index in [1.54, 1.807) is 0 Å². The zero-order valence-corrected chi connectivity index (χ0v) is 7.86. The normalized spacial score (nSPS) is 8.89. The van der Waals surface area contributed by atoms with E-state index in [1.807, 2.05) is 0 Å². The monoisotopic (exact) mass is 236 g/mol. The van der Waals surface area contributed by atoms with Crippen LogP contribution in [0.25, 0.3) is 0 Å². The number of rotatable bonds is 5. The van der Waals surface area contributed by atoms with Gasteiger partial charge in [0.2, 0.25) is 0 Å². The van der Waals surface area contributed by atoms with Crippen LogP contribution in [0.1, 0.15) is 32.1 Å². The minimum absolute atomic E-state index is 0.960. The Bertz CT molecular complexity index is 81.1. The zero-order valence-electron chi connectivity index (χ0n) is 5.70. The predicted octanol–water partition coefficient (Wildman–Crippen LogP) is 3.01. The van der Waals surface area contributed by atoms with Crippen LogP contribution in [-0.2, 0) is 0 Å². The number of unbranched alkanes of at least 4 members (excludes halogenated alkanes) is 4. The van der Waals surface area contributed by atoms with Gasteiger partial charge < -0.3 is 0 Å². The first-order chi connectivity index (χ1) is 4.41. The molecule has 0 amide bonds. The van der Waals surface area contributed by atoms with Gasteiger partial charge in [-0.25, -0.2) is 0 Å². The lowest BCUT2D eigenvalue weighted by Crippen LogP contribution is -1.77. The quantitative estimate of drug-likeness (QED) is 0.298. The summed E-state index contributed by atoms with van der Waals surface area (Å²) in [6, 6.07) is 0. The first-order valence-corrected chi connectivity index (χ1v) is 4.94. The molecule has 0 N–H and O–H groups in total. The van der Waals surface area contributed by atoms with Crippen molar-refractivity contribution >= 4 is 22.6 Å². The third-order valence-electron chi connectivity index (χ3n) is 1.20. The van der Waals surface area contributed by atoms with E-state index in [2.05, 4.69) is 28.5 Å². The summed E-state index contributed by atoms with van der Waals surface area (Å²) in [6.45, 7) is 0. The third kappa shape index (κ3) is 8.29. The molecule has 9 heavy (non-hydrogen) atoms. The van der Waals surface area contributed by atoms with Gasteiger partial charge in [0.15, 0.2) is 0 Å². The van der Waals surface area contributed by atoms with Crippen molar-refractivity contribution in [3.8, 4) is 12.3 Å². The lowest BCUT2D eigenvalue weighted by molar-refractivity contribution is 0.687. The molecule has 0 radical (unpaired) electrons. The molecule has 0 saturated carbocycles. The summed E-state index contributed by atoms with van der Waals surface area (Å²) in [7, 11) is 0. The second-order valence-electron chi connectivity index (χ2n) is 2.06. The summed E-state index contributed by atoms with van der Waals surface area (Å²) in [5, 5.41) is 0. The van der Waals surface area contributed by atoms with Gasteiger partial charge in [0.05, 0.1) is 0 Å². The van der Waals surface area contributed by atoms with E-state index in [0.717, 1.165) is 6.42 Å². The highest BCUT2D eigenvalue weighted by Crippen LogP contribution is 2.03. The summed E-state index contributed by atoms with van der Waals surface area (Å²) in [6.07, 6.45) is 11.3. The van der Waals surface area contributed by atoms with Crippen molar-refractivity contribution in [2.24, 2.45) is 0 Å². The van der Waals surface area contributed by atoms with Crippen molar-refractivity contribution in [3.63, 3.8) is 0 Å². The molecule has 0 aromatic carbocycles. The second kappa shape index (κ2) is 8.29. The molecule has 0 aromatic rings. The molecular formula is C8H13I. The largest absolute Gasteiger partial charge is 0.120 e. The maximum Gasteiger partial charge on any atom is 0.00860 e. The molecule has 0 fully saturated rings. The summed E-state index contributed by atoms with van der Waals surface area (Å²) in [4.78, 5) is 0. The van der Waals surface area contributed by atoms with E-state index in [0.29, 0.717) is 0 Å². The summed E-state index contributed by atoms with van der Waals surface area (Å²) in [5.74, 6) is 2.64. The number of terminal acetylenes is 1. The molecule has 0 aliphatic rings. The predicted molar refractivity (Wildman–Crippen MR) is 50.8 cm³/mol. The minimum Gasteiger partial charge on any atom is -0.120 e. The average molecular weight is 236 g/mol. The Morgan fingerprint density at radius 2 is 1.78 bits per heavy atom. The lowest BCUT2D eigenvalue weighted by atomic mass is 10.2. The molecule has 0 aromatic heterocycles. The fourth-order valence-corrected chi connectivity index (χ4v) is 1.21. The SMILES string of the molecule is C#CCCCCCCI. The minimum atomic E-state index is 0.960. The van der Waals surface area contributed by atoms with Gasteiger partial charge in [-0.15, -0.1) is 12.3 Å². The number of alkyl halides is 1. The van der Waals surface area contributed by atoms with Gasteiger partial charge in [0.1, 0.15) is 0 Å². The summed E-state index contributed by atoms with van der Waals surface area (Å²) >= 11 is 2.41. The highest BCUT2D eigenvalue weighted by Gasteiger charge is 1.85. The van der Waals surface area contributed by atoms with E-state index in [4.69, 9.17) is 6.42 Å². The van der Waals surface area contributed by atoms with Crippen LogP contribution < -0.4 is 0 Å². The topological polar surface area (TPSA) is 0 Å². The Hall–Kier alpha value is 0.290. The Morgan fingerprint density at radius 1 is 1.11 bits per heavy atom. The van der Waals surface area contributed by atoms with Crippen LogP contribution in [0.3, 0.4) is 0 Å². The Balaban J connectivity index is 2.69. The summed E-state index contributed by atoms with van der Waals surface area (Å²) < 4.78 is 1.29. The van der Waals surface area contributed by atoms with Gasteiger partial charge in [0, 0.05) is 6.42 Å². The van der Waals surface area contributed by atoms with Crippen molar-refractivity contribution in [2.45, 2.75) is 32.1 Å². The fourth-order valence-electron chi connectivity index (χ4n) is 0.675. The van der Waals surface area contributed by atoms with Crippen LogP contribution in [0.15, 0.2) is 0 Å². The van der Waals surface area contributed by atoms with Gasteiger partial charge in [0.25, 0.3) is 0 Å². The molecule has 0 rings (SSSR count). The van der Waals surface area contributed by atoms with Gasteiger partial charge in [-0.2, -0.15) is 0 Å². The standard InChI is InChI=1S/C8H13I/c1-2-3-4-5-6-7-8-9/h1H,3-8H2. The molecule has 52 valence electrons. The molecule has 0 heterocycles. The van der Waals surface area contributed by atoms with Crippen molar-refractivity contribution in [1.29, 1.82) is 0 Å². The average Bonchev–Trinajstić information content (AvgIpc) is 1.89. The molecule has 0 aliphatic carbocycles. The van der Waals surface area contributed by atoms with Crippen molar-refractivity contribution in [2.75, 3.05) is 4.43 Å². The van der Waals surface area contributed by atoms with Crippen LogP contribution in [0.2, 0.25) is 0 Å². The molecule has 0 aliphatic heterocycles. The Labute approximate surface area is 71.6 Å². The Kier molecular flexibility index (Phi) is 8.56. The maximum atomic E-state index is 5.09. The molecule has 0 unspecified atom stereocenters. The van der Waals surface area contributed by atoms with Crippen LogP contribution in [0, 0.1) is 12.3 Å². The zero-order chi connectivity index (χ0) is 6.95. The van der Waals surface area contributed by atoms with Crippen LogP contribution >= 0.6 is 22.6 Å². The van der Waals surface area contributed by atoms with Gasteiger partial charge in [-0.3, -0.25) is 0 Å². The van der Waals surface area contributed by atoms with E-state index >= 15 is 0 Å². The smallest absolute Gasteiger partial charge is 0.00860 e. The number of hydrogen-bond acceptors (Lipinski definition) is 0. The van der Waals surface area contributed by atoms with Crippen molar-refractivity contribution in [3.05, 3.63) is 0 Å². The first kappa shape index (κ1) is 9.29. The first-order valence-electron chi connectivity index (χ1n) is 3.41. The molecule has 1 heteroatoms. The number of halogens is 1. The highest BCUT2D eigenvalue weighted by atomic mass is 127. The molecule has 0 nitrogen and oxygen atoms in total. The maximum absolute atomic E-state index is 5.09. The van der Waals surface area contributed by atoms with E-state index < -0.39 is 0 Å². The van der Waals surface area contributed by atoms with Gasteiger partial charge in [-0.05, 0) is 17.3 Å². The third-order valence-corrected chi connectivity index (χ3v) is 1.97. The van der Waals surface area contributed by atoms with E-state index in [-0.39, 0.29) is 0 Å². The van der Waals surface area contributed by atoms with Crippen molar-refractivity contribution in [1.82, 2.24) is 0 Å². The van der Waals surface area contributed by atoms with E-state index in [9.17, 15) is 0 Å². The molecule has 0 bridgehead atoms. The fraction of sp³-hybridized carbons (Fsp3) is 0.750. The Morgan fingerprint density at radius 3 is 2.33 bits per heavy atom. The summed E-state index contributed by atoms with van der Waals surface area (Å²) in [5.41, 5.74) is 0. The molecule has 0 atom stereocenters. The molecular weight excluding hydrogens is 223 g/mol. The van der Waals surface area contributed by atoms with E-state index in [1.165, 1.54) is 30.1 Å². The molecule has 0 spiro atoms.